The van der Waals surface area contributed by atoms with Crippen LogP contribution < -0.4 is 10.6 Å². The van der Waals surface area contributed by atoms with Gasteiger partial charge in [0.25, 0.3) is 0 Å². The largest absolute Gasteiger partial charge is 0.390 e. The smallest absolute Gasteiger partial charge is 0.223 e. The summed E-state index contributed by atoms with van der Waals surface area (Å²) in [6, 6.07) is 18.2. The van der Waals surface area contributed by atoms with E-state index in [0.717, 1.165) is 50.6 Å². The maximum absolute atomic E-state index is 13.7. The number of hydrogen-bond donors (Lipinski definition) is 3. The third-order valence-corrected chi connectivity index (χ3v) is 9.45. The Balaban J connectivity index is 1.39. The number of likely N-dealkylation sites (tertiary alicyclic amines) is 1. The van der Waals surface area contributed by atoms with Gasteiger partial charge in [0.15, 0.2) is 0 Å². The van der Waals surface area contributed by atoms with Crippen LogP contribution in [0.4, 0.5) is 0 Å². The fourth-order valence-electron chi connectivity index (χ4n) is 6.73. The van der Waals surface area contributed by atoms with E-state index in [0.29, 0.717) is 31.8 Å². The van der Waals surface area contributed by atoms with Crippen LogP contribution in [0.3, 0.4) is 0 Å². The Kier molecular flexibility index (Phi) is 11.0. The van der Waals surface area contributed by atoms with Crippen molar-refractivity contribution in [3.63, 3.8) is 0 Å². The second-order valence-electron chi connectivity index (χ2n) is 13.1. The number of piperidine rings is 1. The molecular weight excluding hydrogens is 510 g/mol. The van der Waals surface area contributed by atoms with E-state index in [1.54, 1.807) is 0 Å². The van der Waals surface area contributed by atoms with Crippen molar-refractivity contribution in [1.82, 2.24) is 15.5 Å². The molecule has 2 aromatic rings. The Labute approximate surface area is 247 Å². The van der Waals surface area contributed by atoms with Crippen LogP contribution in [0.15, 0.2) is 54.6 Å². The molecule has 6 nitrogen and oxygen atoms in total. The number of rotatable bonds is 12. The standard InChI is InChI=1S/C35H51N3O3/c1-25(2)28-15-10-14-27(20-28)23-36-24-32(39)31(21-26-12-6-5-7-13-26)37-34(41)29-16-11-17-30(22-29)35(3,4)38-19-9-8-18-33(38)40/h5-7,10,12-15,20,25,29-32,36,39H,8-9,11,16-19,21-24H2,1-4H3,(H,37,41)/t29-,30+,31+,32-/m1/s1. The molecule has 1 heterocycles. The molecule has 2 aliphatic rings. The molecule has 6 heteroatoms. The number of benzene rings is 2. The number of carbonyl (C=O) groups is 2. The van der Waals surface area contributed by atoms with Crippen molar-refractivity contribution in [2.75, 3.05) is 13.1 Å². The lowest BCUT2D eigenvalue weighted by atomic mass is 9.71. The molecule has 224 valence electrons. The van der Waals surface area contributed by atoms with E-state index in [4.69, 9.17) is 0 Å². The summed E-state index contributed by atoms with van der Waals surface area (Å²) in [4.78, 5) is 28.5. The summed E-state index contributed by atoms with van der Waals surface area (Å²) in [6.45, 7) is 10.6. The highest BCUT2D eigenvalue weighted by Gasteiger charge is 2.42. The molecule has 0 radical (unpaired) electrons. The van der Waals surface area contributed by atoms with Crippen LogP contribution in [0.5, 0.6) is 0 Å². The zero-order valence-corrected chi connectivity index (χ0v) is 25.6. The Morgan fingerprint density at radius 3 is 2.51 bits per heavy atom. The molecule has 0 spiro atoms. The lowest BCUT2D eigenvalue weighted by molar-refractivity contribution is -0.142. The van der Waals surface area contributed by atoms with Crippen molar-refractivity contribution < 1.29 is 14.7 Å². The van der Waals surface area contributed by atoms with E-state index in [-0.39, 0.29) is 29.2 Å². The van der Waals surface area contributed by atoms with E-state index >= 15 is 0 Å². The normalized spacial score (nSPS) is 21.5. The maximum atomic E-state index is 13.7. The van der Waals surface area contributed by atoms with Crippen LogP contribution >= 0.6 is 0 Å². The van der Waals surface area contributed by atoms with Gasteiger partial charge in [-0.25, -0.2) is 0 Å². The second kappa shape index (κ2) is 14.5. The summed E-state index contributed by atoms with van der Waals surface area (Å²) in [6.07, 6.45) is 6.17. The molecule has 0 bridgehead atoms. The predicted octanol–water partition coefficient (Wildman–Crippen LogP) is 5.59. The van der Waals surface area contributed by atoms with Gasteiger partial charge in [-0.15, -0.1) is 0 Å². The molecule has 1 saturated carbocycles. The third-order valence-electron chi connectivity index (χ3n) is 9.45. The van der Waals surface area contributed by atoms with Crippen LogP contribution in [0.2, 0.25) is 0 Å². The molecule has 0 aromatic heterocycles. The number of aliphatic hydroxyl groups is 1. The SMILES string of the molecule is CC(C)c1cccc(CNC[C@@H](O)[C@H](Cc2ccccc2)NC(=O)[C@@H]2CCC[C@H](C(C)(C)N3CCCCC3=O)C2)c1. The van der Waals surface area contributed by atoms with Gasteiger partial charge in [-0.2, -0.15) is 0 Å². The monoisotopic (exact) mass is 561 g/mol. The van der Waals surface area contributed by atoms with Crippen molar-refractivity contribution in [2.45, 2.75) is 109 Å². The summed E-state index contributed by atoms with van der Waals surface area (Å²) < 4.78 is 0. The van der Waals surface area contributed by atoms with Crippen LogP contribution in [0, 0.1) is 11.8 Å². The fourth-order valence-corrected chi connectivity index (χ4v) is 6.73. The van der Waals surface area contributed by atoms with Crippen LogP contribution in [0.1, 0.15) is 95.2 Å². The number of nitrogens with one attached hydrogen (secondary N) is 2. The van der Waals surface area contributed by atoms with Crippen LogP contribution in [-0.2, 0) is 22.6 Å². The van der Waals surface area contributed by atoms with Gasteiger partial charge in [-0.05, 0) is 80.9 Å². The molecule has 4 rings (SSSR count). The van der Waals surface area contributed by atoms with Crippen LogP contribution in [0.25, 0.3) is 0 Å². The van der Waals surface area contributed by atoms with Gasteiger partial charge in [0.05, 0.1) is 12.1 Å². The molecule has 2 aromatic carbocycles. The first-order chi connectivity index (χ1) is 19.6. The van der Waals surface area contributed by atoms with Crippen LogP contribution in [-0.4, -0.2) is 52.6 Å². The minimum absolute atomic E-state index is 0.0279. The van der Waals surface area contributed by atoms with E-state index in [2.05, 4.69) is 67.5 Å². The van der Waals surface area contributed by atoms with Crippen molar-refractivity contribution >= 4 is 11.8 Å². The summed E-state index contributed by atoms with van der Waals surface area (Å²) in [7, 11) is 0. The van der Waals surface area contributed by atoms with E-state index in [1.807, 2.05) is 30.3 Å². The first-order valence-electron chi connectivity index (χ1n) is 15.8. The zero-order valence-electron chi connectivity index (χ0n) is 25.6. The van der Waals surface area contributed by atoms with Gasteiger partial charge in [0.2, 0.25) is 11.8 Å². The fraction of sp³-hybridized carbons (Fsp3) is 0.600. The first-order valence-corrected chi connectivity index (χ1v) is 15.8. The molecule has 1 aliphatic heterocycles. The molecular formula is C35H51N3O3. The molecule has 3 N–H and O–H groups in total. The number of aliphatic hydroxyl groups excluding tert-OH is 1. The van der Waals surface area contributed by atoms with Gasteiger partial charge >= 0.3 is 0 Å². The number of nitrogens with zero attached hydrogens (tertiary/aromatic N) is 1. The highest BCUT2D eigenvalue weighted by atomic mass is 16.3. The van der Waals surface area contributed by atoms with Crippen molar-refractivity contribution in [3.05, 3.63) is 71.3 Å². The van der Waals surface area contributed by atoms with E-state index < -0.39 is 12.1 Å². The molecule has 1 saturated heterocycles. The molecule has 2 amide bonds. The Morgan fingerprint density at radius 1 is 1.02 bits per heavy atom. The van der Waals surface area contributed by atoms with E-state index in [1.165, 1.54) is 11.1 Å². The maximum Gasteiger partial charge on any atom is 0.223 e. The highest BCUT2D eigenvalue weighted by molar-refractivity contribution is 5.79. The van der Waals surface area contributed by atoms with Gasteiger partial charge in [-0.1, -0.05) is 74.9 Å². The zero-order chi connectivity index (χ0) is 29.4. The van der Waals surface area contributed by atoms with E-state index in [9.17, 15) is 14.7 Å². The van der Waals surface area contributed by atoms with Crippen molar-refractivity contribution in [1.29, 1.82) is 0 Å². The average Bonchev–Trinajstić information content (AvgIpc) is 2.97. The van der Waals surface area contributed by atoms with Crippen molar-refractivity contribution in [2.24, 2.45) is 11.8 Å². The minimum Gasteiger partial charge on any atom is -0.390 e. The lowest BCUT2D eigenvalue weighted by Crippen LogP contribution is -2.56. The van der Waals surface area contributed by atoms with Gasteiger partial charge in [-0.3, -0.25) is 9.59 Å². The summed E-state index contributed by atoms with van der Waals surface area (Å²) >= 11 is 0. The minimum atomic E-state index is -0.728. The summed E-state index contributed by atoms with van der Waals surface area (Å²) in [5.74, 6) is 0.929. The van der Waals surface area contributed by atoms with Crippen molar-refractivity contribution in [3.8, 4) is 0 Å². The molecule has 1 aliphatic carbocycles. The Hall–Kier alpha value is -2.70. The summed E-state index contributed by atoms with van der Waals surface area (Å²) in [5.41, 5.74) is 3.33. The number of amides is 2. The summed E-state index contributed by atoms with van der Waals surface area (Å²) in [5, 5.41) is 18.0. The van der Waals surface area contributed by atoms with Gasteiger partial charge in [0, 0.05) is 37.5 Å². The lowest BCUT2D eigenvalue weighted by Gasteiger charge is -2.48. The average molecular weight is 562 g/mol. The first kappa shape index (κ1) is 31.2. The van der Waals surface area contributed by atoms with Gasteiger partial charge in [0.1, 0.15) is 0 Å². The Morgan fingerprint density at radius 2 is 1.78 bits per heavy atom. The molecule has 41 heavy (non-hydrogen) atoms. The molecule has 2 fully saturated rings. The quantitative estimate of drug-likeness (QED) is 0.316. The topological polar surface area (TPSA) is 81.7 Å². The van der Waals surface area contributed by atoms with Gasteiger partial charge < -0.3 is 20.6 Å². The highest BCUT2D eigenvalue weighted by Crippen LogP contribution is 2.40. The predicted molar refractivity (Wildman–Crippen MR) is 165 cm³/mol. The number of carbonyl (C=O) groups excluding carboxylic acids is 2. The number of hydrogen-bond acceptors (Lipinski definition) is 4. The second-order valence-corrected chi connectivity index (χ2v) is 13.1. The third kappa shape index (κ3) is 8.42. The molecule has 4 atom stereocenters. The Bertz CT molecular complexity index is 1130. The molecule has 0 unspecified atom stereocenters.